The van der Waals surface area contributed by atoms with Gasteiger partial charge in [-0.2, -0.15) is 0 Å². The molecule has 0 spiro atoms. The number of oxime groups is 1. The Morgan fingerprint density at radius 2 is 2.26 bits per heavy atom. The molecule has 0 bridgehead atoms. The number of carbonyl (C=O) groups is 1. The maximum absolute atomic E-state index is 11.4. The number of anilines is 1. The van der Waals surface area contributed by atoms with Crippen molar-refractivity contribution in [1.82, 2.24) is 20.9 Å². The van der Waals surface area contributed by atoms with Crippen LogP contribution in [-0.2, 0) is 4.79 Å². The minimum Gasteiger partial charge on any atom is -0.409 e. The molecule has 106 valence electrons. The predicted molar refractivity (Wildman–Crippen MR) is 64.9 cm³/mol. The van der Waals surface area contributed by atoms with Crippen LogP contribution in [-0.4, -0.2) is 58.6 Å². The first-order valence-electron chi connectivity index (χ1n) is 5.49. The Morgan fingerprint density at radius 3 is 2.84 bits per heavy atom. The van der Waals surface area contributed by atoms with E-state index in [4.69, 9.17) is 10.3 Å². The van der Waals surface area contributed by atoms with Gasteiger partial charge in [-0.1, -0.05) is 5.16 Å². The van der Waals surface area contributed by atoms with E-state index in [0.29, 0.717) is 0 Å². The van der Waals surface area contributed by atoms with Gasteiger partial charge in [0.15, 0.2) is 11.5 Å². The maximum atomic E-state index is 11.4. The molecule has 1 unspecified atom stereocenters. The molecule has 0 aliphatic carbocycles. The van der Waals surface area contributed by atoms with E-state index in [2.05, 4.69) is 36.0 Å². The highest BCUT2D eigenvalue weighted by Gasteiger charge is 2.16. The van der Waals surface area contributed by atoms with Crippen molar-refractivity contribution in [2.75, 3.05) is 25.5 Å². The van der Waals surface area contributed by atoms with Crippen LogP contribution in [0.15, 0.2) is 9.78 Å². The molecule has 5 N–H and O–H groups in total. The topological polar surface area (TPSA) is 145 Å². The van der Waals surface area contributed by atoms with Gasteiger partial charge in [0.2, 0.25) is 11.7 Å². The van der Waals surface area contributed by atoms with E-state index in [1.165, 1.54) is 7.05 Å². The van der Waals surface area contributed by atoms with Gasteiger partial charge in [0, 0.05) is 13.6 Å². The Labute approximate surface area is 108 Å². The second kappa shape index (κ2) is 7.16. The molecule has 0 fully saturated rings. The maximum Gasteiger partial charge on any atom is 0.239 e. The molecule has 0 radical (unpaired) electrons. The molecule has 1 rings (SSSR count). The fourth-order valence-corrected chi connectivity index (χ4v) is 1.16. The number of amidine groups is 1. The van der Waals surface area contributed by atoms with E-state index >= 15 is 0 Å². The van der Waals surface area contributed by atoms with Crippen LogP contribution in [0.5, 0.6) is 0 Å². The van der Waals surface area contributed by atoms with Gasteiger partial charge in [0.05, 0.1) is 12.6 Å². The van der Waals surface area contributed by atoms with Gasteiger partial charge in [-0.25, -0.2) is 4.63 Å². The van der Waals surface area contributed by atoms with Crippen LogP contribution in [0.25, 0.3) is 0 Å². The van der Waals surface area contributed by atoms with Crippen molar-refractivity contribution in [2.24, 2.45) is 5.16 Å². The molecule has 1 aromatic rings. The van der Waals surface area contributed by atoms with Crippen molar-refractivity contribution >= 4 is 17.6 Å². The smallest absolute Gasteiger partial charge is 0.239 e. The number of amides is 1. The van der Waals surface area contributed by atoms with Gasteiger partial charge in [0.25, 0.3) is 0 Å². The highest BCUT2D eigenvalue weighted by molar-refractivity contribution is 6.00. The number of aliphatic hydroxyl groups is 1. The number of nitrogens with zero attached hydrogens (tertiary/aromatic N) is 3. The van der Waals surface area contributed by atoms with Gasteiger partial charge >= 0.3 is 0 Å². The van der Waals surface area contributed by atoms with Crippen LogP contribution >= 0.6 is 0 Å². The summed E-state index contributed by atoms with van der Waals surface area (Å²) in [5.74, 6) is -0.121. The first-order chi connectivity index (χ1) is 9.08. The Hall–Kier alpha value is -2.36. The quantitative estimate of drug-likeness (QED) is 0.179. The van der Waals surface area contributed by atoms with E-state index in [1.807, 2.05) is 0 Å². The van der Waals surface area contributed by atoms with Crippen molar-refractivity contribution in [1.29, 1.82) is 0 Å². The molecule has 0 aromatic carbocycles. The summed E-state index contributed by atoms with van der Waals surface area (Å²) in [6.45, 7) is 1.63. The second-order valence-corrected chi connectivity index (χ2v) is 3.67. The van der Waals surface area contributed by atoms with E-state index in [1.54, 1.807) is 6.92 Å². The summed E-state index contributed by atoms with van der Waals surface area (Å²) in [6, 6.07) is 0. The zero-order chi connectivity index (χ0) is 14.3. The van der Waals surface area contributed by atoms with Crippen molar-refractivity contribution in [3.8, 4) is 0 Å². The average molecular weight is 272 g/mol. The van der Waals surface area contributed by atoms with E-state index < -0.39 is 6.10 Å². The molecule has 0 aliphatic heterocycles. The van der Waals surface area contributed by atoms with Crippen molar-refractivity contribution in [3.63, 3.8) is 0 Å². The van der Waals surface area contributed by atoms with Crippen LogP contribution in [0, 0.1) is 0 Å². The third-order valence-electron chi connectivity index (χ3n) is 2.06. The lowest BCUT2D eigenvalue weighted by atomic mass is 10.3. The summed E-state index contributed by atoms with van der Waals surface area (Å²) in [5.41, 5.74) is 0.147. The third-order valence-corrected chi connectivity index (χ3v) is 2.06. The molecule has 0 aliphatic rings. The average Bonchev–Trinajstić information content (AvgIpc) is 2.84. The Bertz CT molecular complexity index is 444. The van der Waals surface area contributed by atoms with Crippen LogP contribution in [0.4, 0.5) is 5.82 Å². The molecule has 1 aromatic heterocycles. The number of hydrogen-bond donors (Lipinski definition) is 5. The lowest BCUT2D eigenvalue weighted by Gasteiger charge is -2.07. The Balaban J connectivity index is 2.54. The molecular weight excluding hydrogens is 256 g/mol. The van der Waals surface area contributed by atoms with Crippen LogP contribution in [0.1, 0.15) is 12.6 Å². The highest BCUT2D eigenvalue weighted by atomic mass is 16.6. The number of nitrogens with one attached hydrogen (secondary N) is 3. The zero-order valence-electron chi connectivity index (χ0n) is 10.5. The minimum absolute atomic E-state index is 0.0492. The van der Waals surface area contributed by atoms with Crippen LogP contribution < -0.4 is 16.0 Å². The van der Waals surface area contributed by atoms with Gasteiger partial charge in [-0.05, 0) is 17.2 Å². The number of aliphatic hydroxyl groups excluding tert-OH is 1. The first kappa shape index (κ1) is 14.7. The summed E-state index contributed by atoms with van der Waals surface area (Å²) < 4.78 is 4.49. The SMILES string of the molecule is CN/C(=N\O)c1nonc1NCC(=O)NCC(C)O. The number of hydrogen-bond acceptors (Lipinski definition) is 8. The molecule has 10 nitrogen and oxygen atoms in total. The standard InChI is InChI=1S/C9H16N6O4/c1-5(16)3-11-6(17)4-12-9-7(14-19-15-9)8(10-2)13-18/h5,16,18H,3-4H2,1-2H3,(H,10,13)(H,11,17)(H,12,15). The molecule has 1 atom stereocenters. The van der Waals surface area contributed by atoms with Crippen molar-refractivity contribution < 1.29 is 19.7 Å². The molecule has 10 heteroatoms. The van der Waals surface area contributed by atoms with E-state index in [0.717, 1.165) is 0 Å². The molecular formula is C9H16N6O4. The summed E-state index contributed by atoms with van der Waals surface area (Å²) in [4.78, 5) is 11.4. The normalized spacial score (nSPS) is 12.9. The number of carbonyl (C=O) groups excluding carboxylic acids is 1. The predicted octanol–water partition coefficient (Wildman–Crippen LogP) is -1.67. The van der Waals surface area contributed by atoms with E-state index in [-0.39, 0.29) is 36.3 Å². The molecule has 0 saturated carbocycles. The largest absolute Gasteiger partial charge is 0.409 e. The van der Waals surface area contributed by atoms with E-state index in [9.17, 15) is 4.79 Å². The highest BCUT2D eigenvalue weighted by Crippen LogP contribution is 2.08. The molecule has 1 heterocycles. The summed E-state index contributed by atoms with van der Waals surface area (Å²) >= 11 is 0. The summed E-state index contributed by atoms with van der Waals surface area (Å²) in [7, 11) is 1.53. The zero-order valence-corrected chi connectivity index (χ0v) is 10.5. The Morgan fingerprint density at radius 1 is 1.53 bits per heavy atom. The lowest BCUT2D eigenvalue weighted by Crippen LogP contribution is -2.35. The monoisotopic (exact) mass is 272 g/mol. The second-order valence-electron chi connectivity index (χ2n) is 3.67. The summed E-state index contributed by atoms with van der Waals surface area (Å²) in [5, 5.41) is 35.5. The molecule has 1 amide bonds. The van der Waals surface area contributed by atoms with Crippen LogP contribution in [0.3, 0.4) is 0 Å². The Kier molecular flexibility index (Phi) is 5.54. The van der Waals surface area contributed by atoms with Crippen LogP contribution in [0.2, 0.25) is 0 Å². The lowest BCUT2D eigenvalue weighted by molar-refractivity contribution is -0.119. The first-order valence-corrected chi connectivity index (χ1v) is 5.49. The fraction of sp³-hybridized carbons (Fsp3) is 0.556. The fourth-order valence-electron chi connectivity index (χ4n) is 1.16. The molecule has 19 heavy (non-hydrogen) atoms. The third kappa shape index (κ3) is 4.43. The van der Waals surface area contributed by atoms with Crippen molar-refractivity contribution in [2.45, 2.75) is 13.0 Å². The molecule has 0 saturated heterocycles. The van der Waals surface area contributed by atoms with Crippen molar-refractivity contribution in [3.05, 3.63) is 5.69 Å². The van der Waals surface area contributed by atoms with Gasteiger partial charge in [-0.15, -0.1) is 0 Å². The van der Waals surface area contributed by atoms with Gasteiger partial charge in [0.1, 0.15) is 0 Å². The minimum atomic E-state index is -0.620. The van der Waals surface area contributed by atoms with Gasteiger partial charge in [-0.3, -0.25) is 4.79 Å². The summed E-state index contributed by atoms with van der Waals surface area (Å²) in [6.07, 6.45) is -0.620. The number of rotatable bonds is 6. The van der Waals surface area contributed by atoms with Gasteiger partial charge < -0.3 is 26.3 Å². The number of aromatic nitrogens is 2.